The maximum absolute atomic E-state index is 6.68. The van der Waals surface area contributed by atoms with Crippen LogP contribution in [-0.2, 0) is 6.42 Å². The fraction of sp³-hybridized carbons (Fsp3) is 0.333. The van der Waals surface area contributed by atoms with E-state index in [1.807, 2.05) is 18.2 Å². The van der Waals surface area contributed by atoms with Crippen molar-refractivity contribution >= 4 is 27.5 Å². The predicted octanol–water partition coefficient (Wildman–Crippen LogP) is 6.13. The lowest BCUT2D eigenvalue weighted by Gasteiger charge is -2.16. The molecule has 0 bridgehead atoms. The van der Waals surface area contributed by atoms with Crippen LogP contribution in [0.25, 0.3) is 0 Å². The molecule has 0 spiro atoms. The molecule has 0 saturated heterocycles. The van der Waals surface area contributed by atoms with Crippen molar-refractivity contribution in [3.05, 3.63) is 63.6 Å². The van der Waals surface area contributed by atoms with Crippen molar-refractivity contribution in [3.63, 3.8) is 0 Å². The second-order valence-electron chi connectivity index (χ2n) is 4.95. The van der Waals surface area contributed by atoms with Crippen LogP contribution in [0, 0.1) is 0 Å². The van der Waals surface area contributed by atoms with Gasteiger partial charge < -0.3 is 4.74 Å². The van der Waals surface area contributed by atoms with E-state index < -0.39 is 0 Å². The molecule has 0 aliphatic heterocycles. The Balaban J connectivity index is 2.27. The van der Waals surface area contributed by atoms with Crippen LogP contribution in [0.1, 0.15) is 42.3 Å². The van der Waals surface area contributed by atoms with Gasteiger partial charge in [-0.05, 0) is 57.6 Å². The normalized spacial score (nSPS) is 12.2. The third-order valence-electron chi connectivity index (χ3n) is 3.42. The van der Waals surface area contributed by atoms with E-state index in [1.54, 1.807) is 0 Å². The molecular formula is C18H20BrClO. The molecule has 1 unspecified atom stereocenters. The van der Waals surface area contributed by atoms with Crippen molar-refractivity contribution in [1.82, 2.24) is 0 Å². The lowest BCUT2D eigenvalue weighted by Crippen LogP contribution is -2.00. The topological polar surface area (TPSA) is 9.23 Å². The van der Waals surface area contributed by atoms with Gasteiger partial charge in [0.1, 0.15) is 5.75 Å². The van der Waals surface area contributed by atoms with Crippen molar-refractivity contribution in [2.75, 3.05) is 6.61 Å². The Hall–Kier alpha value is -0.990. The highest BCUT2D eigenvalue weighted by Crippen LogP contribution is 2.35. The van der Waals surface area contributed by atoms with Gasteiger partial charge in [-0.15, -0.1) is 11.6 Å². The first-order chi connectivity index (χ1) is 10.2. The quantitative estimate of drug-likeness (QED) is 0.558. The van der Waals surface area contributed by atoms with Crippen molar-refractivity contribution < 1.29 is 4.74 Å². The molecule has 0 N–H and O–H groups in total. The average Bonchev–Trinajstić information content (AvgIpc) is 2.53. The Morgan fingerprint density at radius 1 is 1.14 bits per heavy atom. The summed E-state index contributed by atoms with van der Waals surface area (Å²) in [5.74, 6) is 0.869. The molecule has 0 aliphatic carbocycles. The van der Waals surface area contributed by atoms with E-state index in [2.05, 4.69) is 54.0 Å². The minimum atomic E-state index is -0.141. The van der Waals surface area contributed by atoms with E-state index in [1.165, 1.54) is 11.1 Å². The summed E-state index contributed by atoms with van der Waals surface area (Å²) in [6.45, 7) is 4.97. The van der Waals surface area contributed by atoms with Crippen LogP contribution in [-0.4, -0.2) is 6.61 Å². The zero-order valence-electron chi connectivity index (χ0n) is 12.4. The average molecular weight is 368 g/mol. The third-order valence-corrected chi connectivity index (χ3v) is 4.53. The molecule has 0 saturated carbocycles. The summed E-state index contributed by atoms with van der Waals surface area (Å²) in [5, 5.41) is -0.141. The number of alkyl halides is 1. The molecule has 1 nitrogen and oxygen atoms in total. The molecule has 0 heterocycles. The van der Waals surface area contributed by atoms with Gasteiger partial charge >= 0.3 is 0 Å². The Labute approximate surface area is 140 Å². The number of rotatable bonds is 6. The third kappa shape index (κ3) is 4.02. The maximum Gasteiger partial charge on any atom is 0.133 e. The highest BCUT2D eigenvalue weighted by molar-refractivity contribution is 9.10. The lowest BCUT2D eigenvalue weighted by molar-refractivity contribution is 0.315. The summed E-state index contributed by atoms with van der Waals surface area (Å²) in [5.41, 5.74) is 3.55. The number of hydrogen-bond donors (Lipinski definition) is 0. The summed E-state index contributed by atoms with van der Waals surface area (Å²) in [4.78, 5) is 0. The molecule has 0 fully saturated rings. The SMILES string of the molecule is CCCOc1ccc(C(Cl)c2ccccc2CC)cc1Br. The van der Waals surface area contributed by atoms with Gasteiger partial charge in [0.2, 0.25) is 0 Å². The fourth-order valence-corrected chi connectivity index (χ4v) is 3.15. The van der Waals surface area contributed by atoms with Crippen molar-refractivity contribution in [1.29, 1.82) is 0 Å². The van der Waals surface area contributed by atoms with Crippen LogP contribution in [0.2, 0.25) is 0 Å². The molecule has 0 aliphatic rings. The first-order valence-corrected chi connectivity index (χ1v) is 8.54. The highest BCUT2D eigenvalue weighted by atomic mass is 79.9. The zero-order valence-corrected chi connectivity index (χ0v) is 14.7. The minimum absolute atomic E-state index is 0.141. The van der Waals surface area contributed by atoms with E-state index in [-0.39, 0.29) is 5.38 Å². The van der Waals surface area contributed by atoms with Crippen molar-refractivity contribution in [2.24, 2.45) is 0 Å². The van der Waals surface area contributed by atoms with E-state index in [0.717, 1.165) is 35.2 Å². The van der Waals surface area contributed by atoms with E-state index in [4.69, 9.17) is 16.3 Å². The summed E-state index contributed by atoms with van der Waals surface area (Å²) in [7, 11) is 0. The van der Waals surface area contributed by atoms with Gasteiger partial charge in [-0.25, -0.2) is 0 Å². The molecule has 112 valence electrons. The fourth-order valence-electron chi connectivity index (χ4n) is 2.29. The van der Waals surface area contributed by atoms with Gasteiger partial charge in [0.15, 0.2) is 0 Å². The van der Waals surface area contributed by atoms with Gasteiger partial charge in [-0.1, -0.05) is 44.2 Å². The Bertz CT molecular complexity index is 598. The van der Waals surface area contributed by atoms with Crippen LogP contribution in [0.3, 0.4) is 0 Å². The second kappa shape index (κ2) is 7.86. The molecule has 1 atom stereocenters. The number of benzene rings is 2. The van der Waals surface area contributed by atoms with Crippen molar-refractivity contribution in [2.45, 2.75) is 32.1 Å². The van der Waals surface area contributed by atoms with Gasteiger partial charge in [0.05, 0.1) is 16.5 Å². The standard InChI is InChI=1S/C18H20BrClO/c1-3-11-21-17-10-9-14(12-16(17)19)18(20)15-8-6-5-7-13(15)4-2/h5-10,12,18H,3-4,11H2,1-2H3. The summed E-state index contributed by atoms with van der Waals surface area (Å²) in [6.07, 6.45) is 1.98. The minimum Gasteiger partial charge on any atom is -0.492 e. The Kier molecular flexibility index (Phi) is 6.13. The summed E-state index contributed by atoms with van der Waals surface area (Å²) >= 11 is 10.3. The number of hydrogen-bond acceptors (Lipinski definition) is 1. The molecule has 2 aromatic carbocycles. The molecule has 21 heavy (non-hydrogen) atoms. The first kappa shape index (κ1) is 16.4. The van der Waals surface area contributed by atoms with E-state index in [9.17, 15) is 0 Å². The molecule has 0 amide bonds. The van der Waals surface area contributed by atoms with Crippen LogP contribution in [0.15, 0.2) is 46.9 Å². The molecule has 2 rings (SSSR count). The number of ether oxygens (including phenoxy) is 1. The monoisotopic (exact) mass is 366 g/mol. The van der Waals surface area contributed by atoms with Crippen LogP contribution < -0.4 is 4.74 Å². The smallest absolute Gasteiger partial charge is 0.133 e. The summed E-state index contributed by atoms with van der Waals surface area (Å²) < 4.78 is 6.63. The van der Waals surface area contributed by atoms with Crippen LogP contribution in [0.4, 0.5) is 0 Å². The molecule has 3 heteroatoms. The largest absolute Gasteiger partial charge is 0.492 e. The first-order valence-electron chi connectivity index (χ1n) is 7.31. The van der Waals surface area contributed by atoms with Gasteiger partial charge in [-0.3, -0.25) is 0 Å². The summed E-state index contributed by atoms with van der Waals surface area (Å²) in [6, 6.07) is 14.4. The lowest BCUT2D eigenvalue weighted by atomic mass is 9.98. The number of halogens is 2. The van der Waals surface area contributed by atoms with Crippen LogP contribution in [0.5, 0.6) is 5.75 Å². The highest BCUT2D eigenvalue weighted by Gasteiger charge is 2.15. The number of aryl methyl sites for hydroxylation is 1. The predicted molar refractivity (Wildman–Crippen MR) is 93.4 cm³/mol. The molecule has 2 aromatic rings. The van der Waals surface area contributed by atoms with Gasteiger partial charge in [0.25, 0.3) is 0 Å². The van der Waals surface area contributed by atoms with Crippen molar-refractivity contribution in [3.8, 4) is 5.75 Å². The van der Waals surface area contributed by atoms with Gasteiger partial charge in [0, 0.05) is 0 Å². The van der Waals surface area contributed by atoms with Gasteiger partial charge in [-0.2, -0.15) is 0 Å². The molecule has 0 aromatic heterocycles. The Morgan fingerprint density at radius 2 is 1.90 bits per heavy atom. The van der Waals surface area contributed by atoms with Crippen LogP contribution >= 0.6 is 27.5 Å². The molecular weight excluding hydrogens is 348 g/mol. The zero-order chi connectivity index (χ0) is 15.2. The Morgan fingerprint density at radius 3 is 2.57 bits per heavy atom. The molecule has 0 radical (unpaired) electrons. The van der Waals surface area contributed by atoms with E-state index in [0.29, 0.717) is 0 Å². The maximum atomic E-state index is 6.68. The van der Waals surface area contributed by atoms with E-state index >= 15 is 0 Å². The second-order valence-corrected chi connectivity index (χ2v) is 6.24.